The van der Waals surface area contributed by atoms with E-state index >= 15 is 0 Å². The van der Waals surface area contributed by atoms with Gasteiger partial charge in [-0.1, -0.05) is 5.21 Å². The van der Waals surface area contributed by atoms with Gasteiger partial charge in [0.25, 0.3) is 11.5 Å². The fraction of sp³-hybridized carbons (Fsp3) is 0.280. The minimum Gasteiger partial charge on any atom is -0.339 e. The van der Waals surface area contributed by atoms with Crippen molar-refractivity contribution in [1.82, 2.24) is 29.8 Å². The van der Waals surface area contributed by atoms with E-state index in [0.717, 1.165) is 25.9 Å². The molecule has 0 radical (unpaired) electrons. The molecule has 1 fully saturated rings. The highest BCUT2D eigenvalue weighted by Crippen LogP contribution is 2.21. The van der Waals surface area contributed by atoms with Gasteiger partial charge in [0, 0.05) is 35.6 Å². The van der Waals surface area contributed by atoms with E-state index < -0.39 is 0 Å². The van der Waals surface area contributed by atoms with Crippen molar-refractivity contribution < 1.29 is 9.18 Å². The third kappa shape index (κ3) is 4.22. The summed E-state index contributed by atoms with van der Waals surface area (Å²) in [5, 5.41) is 8.83. The minimum absolute atomic E-state index is 0.0259. The third-order valence-electron chi connectivity index (χ3n) is 6.44. The first-order valence-corrected chi connectivity index (χ1v) is 11.2. The molecule has 174 valence electrons. The number of pyridine rings is 1. The molecule has 0 bridgehead atoms. The van der Waals surface area contributed by atoms with Crippen molar-refractivity contribution in [1.29, 1.82) is 0 Å². The normalized spacial score (nSPS) is 14.8. The van der Waals surface area contributed by atoms with Crippen molar-refractivity contribution >= 4 is 16.8 Å². The summed E-state index contributed by atoms with van der Waals surface area (Å²) >= 11 is 0. The van der Waals surface area contributed by atoms with E-state index in [2.05, 4.69) is 34.3 Å². The number of H-pyrrole nitrogens is 1. The summed E-state index contributed by atoms with van der Waals surface area (Å²) in [6.45, 7) is 1.50. The van der Waals surface area contributed by atoms with E-state index in [1.165, 1.54) is 18.2 Å². The fourth-order valence-electron chi connectivity index (χ4n) is 4.41. The lowest BCUT2D eigenvalue weighted by Gasteiger charge is -2.35. The quantitative estimate of drug-likeness (QED) is 0.506. The molecule has 0 saturated carbocycles. The second-order valence-electron chi connectivity index (χ2n) is 8.83. The lowest BCUT2D eigenvalue weighted by Crippen LogP contribution is -2.44. The second kappa shape index (κ2) is 8.83. The molecular weight excluding hydrogens is 435 g/mol. The smallest absolute Gasteiger partial charge is 0.258 e. The molecule has 0 unspecified atom stereocenters. The molecule has 0 aliphatic carbocycles. The first-order chi connectivity index (χ1) is 16.4. The maximum absolute atomic E-state index is 13.6. The summed E-state index contributed by atoms with van der Waals surface area (Å²) < 4.78 is 15.1. The summed E-state index contributed by atoms with van der Waals surface area (Å²) in [6.07, 6.45) is 3.58. The maximum Gasteiger partial charge on any atom is 0.258 e. The summed E-state index contributed by atoms with van der Waals surface area (Å²) in [5.74, 6) is -0.358. The molecule has 0 atom stereocenters. The van der Waals surface area contributed by atoms with Crippen LogP contribution in [0.15, 0.2) is 59.5 Å². The SMILES string of the molecule is CN(C)C1CCN(C(=O)c2ccc(-n3cc(-c4cc5cc(F)ccc5[nH]c4=O)nn3)cc2)CC1. The third-order valence-corrected chi connectivity index (χ3v) is 6.44. The second-order valence-corrected chi connectivity index (χ2v) is 8.83. The Morgan fingerprint density at radius 3 is 2.53 bits per heavy atom. The van der Waals surface area contributed by atoms with Gasteiger partial charge in [-0.25, -0.2) is 9.07 Å². The van der Waals surface area contributed by atoms with Gasteiger partial charge >= 0.3 is 0 Å². The molecular formula is C25H25FN6O2. The monoisotopic (exact) mass is 460 g/mol. The summed E-state index contributed by atoms with van der Waals surface area (Å²) in [7, 11) is 4.15. The summed E-state index contributed by atoms with van der Waals surface area (Å²) in [5.41, 5.74) is 2.23. The van der Waals surface area contributed by atoms with Crippen LogP contribution in [0.2, 0.25) is 0 Å². The molecule has 9 heteroatoms. The van der Waals surface area contributed by atoms with E-state index in [9.17, 15) is 14.0 Å². The van der Waals surface area contributed by atoms with Crippen LogP contribution in [0.25, 0.3) is 27.8 Å². The Labute approximate surface area is 195 Å². The number of carbonyl (C=O) groups excluding carboxylic acids is 1. The number of amides is 1. The zero-order chi connectivity index (χ0) is 23.8. The number of nitrogens with zero attached hydrogens (tertiary/aromatic N) is 5. The summed E-state index contributed by atoms with van der Waals surface area (Å²) in [6, 6.07) is 13.5. The molecule has 1 amide bonds. The molecule has 8 nitrogen and oxygen atoms in total. The number of carbonyl (C=O) groups is 1. The van der Waals surface area contributed by atoms with Gasteiger partial charge in [0.05, 0.1) is 17.4 Å². The number of hydrogen-bond acceptors (Lipinski definition) is 5. The number of fused-ring (bicyclic) bond motifs is 1. The molecule has 5 rings (SSSR count). The molecule has 0 spiro atoms. The van der Waals surface area contributed by atoms with Gasteiger partial charge in [0.15, 0.2) is 0 Å². The van der Waals surface area contributed by atoms with Gasteiger partial charge < -0.3 is 14.8 Å². The van der Waals surface area contributed by atoms with Gasteiger partial charge in [-0.05, 0) is 75.5 Å². The molecule has 1 saturated heterocycles. The number of piperidine rings is 1. The van der Waals surface area contributed by atoms with E-state index in [1.807, 2.05) is 4.90 Å². The van der Waals surface area contributed by atoms with Crippen LogP contribution < -0.4 is 5.56 Å². The molecule has 2 aromatic carbocycles. The van der Waals surface area contributed by atoms with Crippen LogP contribution in [0.1, 0.15) is 23.2 Å². The average molecular weight is 461 g/mol. The number of nitrogens with one attached hydrogen (secondary N) is 1. The van der Waals surface area contributed by atoms with Crippen LogP contribution in [0.3, 0.4) is 0 Å². The number of halogens is 1. The molecule has 4 aromatic rings. The van der Waals surface area contributed by atoms with Crippen LogP contribution in [-0.4, -0.2) is 68.9 Å². The van der Waals surface area contributed by atoms with E-state index in [0.29, 0.717) is 39.5 Å². The Kier molecular flexibility index (Phi) is 5.70. The Morgan fingerprint density at radius 2 is 1.82 bits per heavy atom. The Bertz CT molecular complexity index is 1400. The zero-order valence-electron chi connectivity index (χ0n) is 19.0. The molecule has 1 aliphatic rings. The molecule has 2 aromatic heterocycles. The predicted molar refractivity (Wildman–Crippen MR) is 127 cm³/mol. The first kappa shape index (κ1) is 22.0. The number of aromatic amines is 1. The van der Waals surface area contributed by atoms with Gasteiger partial charge in [0.2, 0.25) is 0 Å². The number of hydrogen-bond donors (Lipinski definition) is 1. The predicted octanol–water partition coefficient (Wildman–Crippen LogP) is 3.08. The van der Waals surface area contributed by atoms with Crippen LogP contribution >= 0.6 is 0 Å². The lowest BCUT2D eigenvalue weighted by molar-refractivity contribution is 0.0663. The Morgan fingerprint density at radius 1 is 1.09 bits per heavy atom. The van der Waals surface area contributed by atoms with Gasteiger partial charge in [-0.15, -0.1) is 5.10 Å². The van der Waals surface area contributed by atoms with Crippen molar-refractivity contribution in [2.45, 2.75) is 18.9 Å². The fourth-order valence-corrected chi connectivity index (χ4v) is 4.41. The van der Waals surface area contributed by atoms with Crippen LogP contribution in [0.5, 0.6) is 0 Å². The van der Waals surface area contributed by atoms with E-state index in [1.54, 1.807) is 41.2 Å². The highest BCUT2D eigenvalue weighted by molar-refractivity contribution is 5.94. The van der Waals surface area contributed by atoms with E-state index in [-0.39, 0.29) is 17.3 Å². The summed E-state index contributed by atoms with van der Waals surface area (Å²) in [4.78, 5) is 32.3. The molecule has 3 heterocycles. The van der Waals surface area contributed by atoms with Gasteiger partial charge in [-0.2, -0.15) is 0 Å². The number of benzene rings is 2. The van der Waals surface area contributed by atoms with E-state index in [4.69, 9.17) is 0 Å². The first-order valence-electron chi connectivity index (χ1n) is 11.2. The van der Waals surface area contributed by atoms with Crippen LogP contribution in [-0.2, 0) is 0 Å². The number of aromatic nitrogens is 4. The zero-order valence-corrected chi connectivity index (χ0v) is 19.0. The average Bonchev–Trinajstić information content (AvgIpc) is 3.33. The maximum atomic E-state index is 13.6. The molecule has 34 heavy (non-hydrogen) atoms. The highest BCUT2D eigenvalue weighted by atomic mass is 19.1. The van der Waals surface area contributed by atoms with Crippen molar-refractivity contribution in [3.63, 3.8) is 0 Å². The van der Waals surface area contributed by atoms with Crippen LogP contribution in [0.4, 0.5) is 4.39 Å². The molecule has 1 N–H and O–H groups in total. The minimum atomic E-state index is -0.383. The highest BCUT2D eigenvalue weighted by Gasteiger charge is 2.24. The number of likely N-dealkylation sites (tertiary alicyclic amines) is 1. The van der Waals surface area contributed by atoms with Crippen LogP contribution in [0, 0.1) is 5.82 Å². The van der Waals surface area contributed by atoms with Crippen molar-refractivity contribution in [2.24, 2.45) is 0 Å². The van der Waals surface area contributed by atoms with Gasteiger partial charge in [-0.3, -0.25) is 9.59 Å². The lowest BCUT2D eigenvalue weighted by atomic mass is 10.0. The Balaban J connectivity index is 1.34. The van der Waals surface area contributed by atoms with Gasteiger partial charge in [0.1, 0.15) is 11.5 Å². The standard InChI is InChI=1S/C25H25FN6O2/c1-30(2)19-9-11-31(12-10-19)25(34)16-3-6-20(7-4-16)32-15-23(28-29-32)21-14-17-13-18(26)5-8-22(17)27-24(21)33/h3-8,13-15,19H,9-12H2,1-2H3,(H,27,33). The number of rotatable bonds is 4. The molecule has 1 aliphatic heterocycles. The van der Waals surface area contributed by atoms with Crippen molar-refractivity contribution in [3.8, 4) is 16.9 Å². The largest absolute Gasteiger partial charge is 0.339 e. The Hall–Kier alpha value is -3.85. The van der Waals surface area contributed by atoms with Crippen molar-refractivity contribution in [2.75, 3.05) is 27.2 Å². The van der Waals surface area contributed by atoms with Crippen molar-refractivity contribution in [3.05, 3.63) is 76.5 Å². The topological polar surface area (TPSA) is 87.1 Å².